The molecule has 2 aliphatic heterocycles. The molecule has 7 rings (SSSR count). The second-order valence-electron chi connectivity index (χ2n) is 12.4. The first-order chi connectivity index (χ1) is 24.4. The van der Waals surface area contributed by atoms with E-state index >= 15 is 0 Å². The average Bonchev–Trinajstić information content (AvgIpc) is 3.81. The third-order valence-electron chi connectivity index (χ3n) is 8.95. The van der Waals surface area contributed by atoms with Gasteiger partial charge in [0.2, 0.25) is 11.7 Å². The van der Waals surface area contributed by atoms with Gasteiger partial charge in [0.15, 0.2) is 0 Å². The molecule has 2 aliphatic rings. The zero-order valence-corrected chi connectivity index (χ0v) is 29.0. The van der Waals surface area contributed by atoms with Gasteiger partial charge >= 0.3 is 0 Å². The zero-order valence-electron chi connectivity index (χ0n) is 27.5. The molecule has 5 aromatic rings. The van der Waals surface area contributed by atoms with Crippen molar-refractivity contribution in [2.45, 2.75) is 31.3 Å². The van der Waals surface area contributed by atoms with Gasteiger partial charge in [0.25, 0.3) is 0 Å². The average molecular weight is 714 g/mol. The summed E-state index contributed by atoms with van der Waals surface area (Å²) in [6.07, 6.45) is 3.93. The van der Waals surface area contributed by atoms with Crippen LogP contribution in [0.3, 0.4) is 0 Å². The van der Waals surface area contributed by atoms with Gasteiger partial charge in [0, 0.05) is 60.2 Å². The highest BCUT2D eigenvalue weighted by atomic mass is 35.5. The van der Waals surface area contributed by atoms with Crippen LogP contribution in [-0.4, -0.2) is 66.2 Å². The Morgan fingerprint density at radius 3 is 2.26 bits per heavy atom. The van der Waals surface area contributed by atoms with Crippen molar-refractivity contribution in [2.75, 3.05) is 54.5 Å². The van der Waals surface area contributed by atoms with Crippen LogP contribution in [0, 0.1) is 0 Å². The van der Waals surface area contributed by atoms with Crippen molar-refractivity contribution in [3.8, 4) is 5.75 Å². The number of hydrogen-bond donors (Lipinski definition) is 1. The van der Waals surface area contributed by atoms with Crippen LogP contribution >= 0.6 is 23.2 Å². The maximum absolute atomic E-state index is 12.4. The summed E-state index contributed by atoms with van der Waals surface area (Å²) in [5.74, 6) is -0.384. The Labute approximate surface area is 301 Å². The van der Waals surface area contributed by atoms with Gasteiger partial charge in [0.1, 0.15) is 37.7 Å². The quantitative estimate of drug-likeness (QED) is 0.151. The predicted molar refractivity (Wildman–Crippen MR) is 195 cm³/mol. The molecule has 0 bridgehead atoms. The number of halogens is 2. The molecule has 1 amide bonds. The number of piperazine rings is 1. The lowest BCUT2D eigenvalue weighted by Crippen LogP contribution is -2.46. The van der Waals surface area contributed by atoms with Gasteiger partial charge in [-0.15, -0.1) is 0 Å². The van der Waals surface area contributed by atoms with E-state index < -0.39 is 5.79 Å². The molecule has 1 N–H and O–H groups in total. The summed E-state index contributed by atoms with van der Waals surface area (Å²) < 4.78 is 20.5. The van der Waals surface area contributed by atoms with Crippen molar-refractivity contribution in [3.63, 3.8) is 0 Å². The van der Waals surface area contributed by atoms with Crippen LogP contribution in [0.4, 0.5) is 17.1 Å². The second kappa shape index (κ2) is 15.5. The molecule has 2 saturated heterocycles. The van der Waals surface area contributed by atoms with E-state index in [9.17, 15) is 4.79 Å². The molecule has 4 aromatic carbocycles. The van der Waals surface area contributed by atoms with E-state index in [2.05, 4.69) is 49.5 Å². The summed E-state index contributed by atoms with van der Waals surface area (Å²) in [4.78, 5) is 21.2. The monoisotopic (exact) mass is 712 g/mol. The van der Waals surface area contributed by atoms with Crippen LogP contribution in [0.25, 0.3) is 0 Å². The molecule has 50 heavy (non-hydrogen) atoms. The first-order valence-electron chi connectivity index (χ1n) is 16.7. The number of anilines is 3. The van der Waals surface area contributed by atoms with Gasteiger partial charge in [-0.3, -0.25) is 4.79 Å². The Bertz CT molecular complexity index is 1850. The number of carbonyl (C=O) groups is 1. The Hall–Kier alpha value is -4.61. The molecule has 1 aromatic heterocycles. The van der Waals surface area contributed by atoms with E-state index in [-0.39, 0.29) is 18.6 Å². The molecule has 258 valence electrons. The van der Waals surface area contributed by atoms with E-state index in [1.165, 1.54) is 6.33 Å². The Balaban J connectivity index is 0.879. The number of amides is 1. The van der Waals surface area contributed by atoms with Gasteiger partial charge in [-0.25, -0.2) is 9.67 Å². The van der Waals surface area contributed by atoms with Crippen molar-refractivity contribution in [1.29, 1.82) is 0 Å². The minimum Gasteiger partial charge on any atom is -0.491 e. The topological polar surface area (TPSA) is 94.0 Å². The lowest BCUT2D eigenvalue weighted by atomic mass is 10.1. The summed E-state index contributed by atoms with van der Waals surface area (Å²) in [5, 5.41) is 8.23. The predicted octanol–water partition coefficient (Wildman–Crippen LogP) is 6.83. The SMILES string of the molecule is O=C(CCc1ccccc1)Nc1ccc(N2CCN(c3ccc(OC[C@@H]4CO[C@@](Cn5cncn5)(c5ccc(Cl)cc5Cl)O4)cc3)CC2)cc1. The minimum absolute atomic E-state index is 0.0217. The number of aryl methyl sites for hydroxylation is 1. The number of nitrogens with one attached hydrogen (secondary N) is 1. The largest absolute Gasteiger partial charge is 0.491 e. The fourth-order valence-electron chi connectivity index (χ4n) is 6.33. The molecule has 0 radical (unpaired) electrons. The summed E-state index contributed by atoms with van der Waals surface area (Å²) >= 11 is 12.7. The Kier molecular flexibility index (Phi) is 10.5. The number of carbonyl (C=O) groups excluding carboxylic acids is 1. The van der Waals surface area contributed by atoms with E-state index in [1.54, 1.807) is 23.1 Å². The maximum Gasteiger partial charge on any atom is 0.224 e. The molecule has 0 spiro atoms. The highest BCUT2D eigenvalue weighted by Crippen LogP contribution is 2.40. The van der Waals surface area contributed by atoms with Gasteiger partial charge < -0.3 is 29.3 Å². The van der Waals surface area contributed by atoms with Crippen LogP contribution in [0.5, 0.6) is 5.75 Å². The standard InChI is InChI=1S/C38H38Cl2N6O4/c39-29-7-16-35(36(40)22-29)38(25-46-27-41-26-42-46)49-24-34(50-38)23-48-33-14-12-32(13-15-33)45-20-18-44(19-21-45)31-10-8-30(9-11-31)43-37(47)17-6-28-4-2-1-3-5-28/h1-5,7-16,22,26-27,34H,6,17-21,23-25H2,(H,43,47)/t34-,38-/m1/s1. The number of hydrogen-bond acceptors (Lipinski definition) is 8. The number of nitrogens with zero attached hydrogens (tertiary/aromatic N) is 5. The third-order valence-corrected chi connectivity index (χ3v) is 9.50. The fourth-order valence-corrected chi connectivity index (χ4v) is 6.88. The number of rotatable bonds is 12. The molecular weight excluding hydrogens is 675 g/mol. The summed E-state index contributed by atoms with van der Waals surface area (Å²) in [6, 6.07) is 31.6. The number of ether oxygens (including phenoxy) is 3. The molecule has 12 heteroatoms. The zero-order chi connectivity index (χ0) is 34.3. The van der Waals surface area contributed by atoms with Crippen molar-refractivity contribution in [2.24, 2.45) is 0 Å². The first-order valence-corrected chi connectivity index (χ1v) is 17.4. The Morgan fingerprint density at radius 1 is 0.900 bits per heavy atom. The van der Waals surface area contributed by atoms with Crippen LogP contribution in [0.2, 0.25) is 10.0 Å². The summed E-state index contributed by atoms with van der Waals surface area (Å²) in [6.45, 7) is 4.48. The second-order valence-corrected chi connectivity index (χ2v) is 13.2. The van der Waals surface area contributed by atoms with E-state index in [4.69, 9.17) is 37.4 Å². The third kappa shape index (κ3) is 8.22. The van der Waals surface area contributed by atoms with E-state index in [0.29, 0.717) is 35.2 Å². The van der Waals surface area contributed by atoms with Crippen molar-refractivity contribution < 1.29 is 19.0 Å². The van der Waals surface area contributed by atoms with Crippen molar-refractivity contribution in [1.82, 2.24) is 14.8 Å². The van der Waals surface area contributed by atoms with Crippen molar-refractivity contribution >= 4 is 46.2 Å². The lowest BCUT2D eigenvalue weighted by molar-refractivity contribution is -0.190. The molecule has 0 unspecified atom stereocenters. The minimum atomic E-state index is -1.16. The molecule has 2 atom stereocenters. The molecular formula is C38H38Cl2N6O4. The lowest BCUT2D eigenvalue weighted by Gasteiger charge is -2.37. The van der Waals surface area contributed by atoms with Crippen molar-refractivity contribution in [3.05, 3.63) is 131 Å². The van der Waals surface area contributed by atoms with Gasteiger partial charge in [-0.1, -0.05) is 59.6 Å². The Morgan fingerprint density at radius 2 is 1.60 bits per heavy atom. The normalized spacial score (nSPS) is 19.0. The fraction of sp³-hybridized carbons (Fsp3) is 0.289. The van der Waals surface area contributed by atoms with Gasteiger partial charge in [-0.05, 0) is 72.6 Å². The summed E-state index contributed by atoms with van der Waals surface area (Å²) in [7, 11) is 0. The first kappa shape index (κ1) is 33.9. The molecule has 0 aliphatic carbocycles. The van der Waals surface area contributed by atoms with E-state index in [1.807, 2.05) is 60.7 Å². The highest BCUT2D eigenvalue weighted by Gasteiger charge is 2.45. The smallest absolute Gasteiger partial charge is 0.224 e. The molecule has 0 saturated carbocycles. The summed E-state index contributed by atoms with van der Waals surface area (Å²) in [5.41, 5.74) is 4.95. The van der Waals surface area contributed by atoms with Crippen LogP contribution in [0.15, 0.2) is 110 Å². The van der Waals surface area contributed by atoms with Gasteiger partial charge in [-0.2, -0.15) is 5.10 Å². The highest BCUT2D eigenvalue weighted by molar-refractivity contribution is 6.35. The molecule has 3 heterocycles. The molecule has 10 nitrogen and oxygen atoms in total. The number of benzene rings is 4. The van der Waals surface area contributed by atoms with Crippen LogP contribution < -0.4 is 19.9 Å². The maximum atomic E-state index is 12.4. The number of aromatic nitrogens is 3. The van der Waals surface area contributed by atoms with Crippen LogP contribution in [-0.2, 0) is 33.0 Å². The van der Waals surface area contributed by atoms with E-state index in [0.717, 1.165) is 61.0 Å². The van der Waals surface area contributed by atoms with Crippen LogP contribution in [0.1, 0.15) is 17.5 Å². The van der Waals surface area contributed by atoms with Gasteiger partial charge in [0.05, 0.1) is 11.6 Å². The molecule has 2 fully saturated rings.